The molecular weight excluding hydrogens is 374 g/mol. The molecule has 0 radical (unpaired) electrons. The topological polar surface area (TPSA) is 69.7 Å². The number of nitrogens with one attached hydrogen (secondary N) is 1. The number of benzene rings is 1. The predicted octanol–water partition coefficient (Wildman–Crippen LogP) is 1.71. The van der Waals surface area contributed by atoms with Crippen LogP contribution in [0.4, 0.5) is 5.69 Å². The Morgan fingerprint density at radius 3 is 2.17 bits per heavy atom. The zero-order valence-corrected chi connectivity index (χ0v) is 15.1. The number of halogens is 1. The van der Waals surface area contributed by atoms with Crippen LogP contribution in [-0.4, -0.2) is 53.7 Å². The Morgan fingerprint density at radius 2 is 1.58 bits per heavy atom. The smallest absolute Gasteiger partial charge is 0.228 e. The van der Waals surface area contributed by atoms with Crippen molar-refractivity contribution in [3.05, 3.63) is 28.7 Å². The quantitative estimate of drug-likeness (QED) is 0.849. The lowest BCUT2D eigenvalue weighted by molar-refractivity contribution is -0.139. The maximum absolute atomic E-state index is 12.5. The van der Waals surface area contributed by atoms with Gasteiger partial charge < -0.3 is 15.1 Å². The molecule has 128 valence electrons. The first kappa shape index (κ1) is 17.0. The molecule has 2 aliphatic rings. The molecule has 2 fully saturated rings. The third-order valence-electron chi connectivity index (χ3n) is 4.59. The minimum absolute atomic E-state index is 0.0363. The van der Waals surface area contributed by atoms with Gasteiger partial charge in [0.25, 0.3) is 0 Å². The zero-order valence-electron chi connectivity index (χ0n) is 13.5. The molecule has 1 aliphatic heterocycles. The molecule has 3 rings (SSSR count). The van der Waals surface area contributed by atoms with Gasteiger partial charge in [-0.2, -0.15) is 0 Å². The molecule has 2 atom stereocenters. The SMILES string of the molecule is CC(=O)N1CCN(C(=O)C2CC2C(=O)Nc2ccc(Br)cc2)CC1. The number of rotatable bonds is 3. The fourth-order valence-corrected chi connectivity index (χ4v) is 3.27. The number of carbonyl (C=O) groups excluding carboxylic acids is 3. The van der Waals surface area contributed by atoms with Crippen LogP contribution in [0.3, 0.4) is 0 Å². The normalized spacial score (nSPS) is 22.9. The highest BCUT2D eigenvalue weighted by atomic mass is 79.9. The molecule has 0 bridgehead atoms. The van der Waals surface area contributed by atoms with E-state index in [2.05, 4.69) is 21.2 Å². The molecule has 7 heteroatoms. The lowest BCUT2D eigenvalue weighted by atomic mass is 10.2. The van der Waals surface area contributed by atoms with Crippen molar-refractivity contribution in [3.63, 3.8) is 0 Å². The van der Waals surface area contributed by atoms with Crippen molar-refractivity contribution in [2.75, 3.05) is 31.5 Å². The zero-order chi connectivity index (χ0) is 17.3. The Hall–Kier alpha value is -1.89. The van der Waals surface area contributed by atoms with Crippen molar-refractivity contribution in [1.29, 1.82) is 0 Å². The summed E-state index contributed by atoms with van der Waals surface area (Å²) in [6.07, 6.45) is 0.605. The molecule has 1 aromatic carbocycles. The van der Waals surface area contributed by atoms with Gasteiger partial charge in [0.05, 0.1) is 11.8 Å². The van der Waals surface area contributed by atoms with Crippen LogP contribution >= 0.6 is 15.9 Å². The lowest BCUT2D eigenvalue weighted by Crippen LogP contribution is -2.50. The van der Waals surface area contributed by atoms with Crippen LogP contribution in [0, 0.1) is 11.8 Å². The van der Waals surface area contributed by atoms with E-state index in [1.54, 1.807) is 16.7 Å². The summed E-state index contributed by atoms with van der Waals surface area (Å²) in [6.45, 7) is 3.79. The highest BCUT2D eigenvalue weighted by Crippen LogP contribution is 2.41. The van der Waals surface area contributed by atoms with Crippen LogP contribution in [0.1, 0.15) is 13.3 Å². The summed E-state index contributed by atoms with van der Waals surface area (Å²) in [4.78, 5) is 39.6. The fourth-order valence-electron chi connectivity index (χ4n) is 3.00. The molecule has 1 saturated heterocycles. The van der Waals surface area contributed by atoms with Crippen molar-refractivity contribution in [2.45, 2.75) is 13.3 Å². The first-order valence-corrected chi connectivity index (χ1v) is 8.86. The summed E-state index contributed by atoms with van der Waals surface area (Å²) in [5.74, 6) is -0.483. The summed E-state index contributed by atoms with van der Waals surface area (Å²) in [7, 11) is 0. The monoisotopic (exact) mass is 393 g/mol. The predicted molar refractivity (Wildman–Crippen MR) is 93.2 cm³/mol. The van der Waals surface area contributed by atoms with Gasteiger partial charge in [0.15, 0.2) is 0 Å². The molecule has 1 aromatic rings. The van der Waals surface area contributed by atoms with Gasteiger partial charge in [-0.05, 0) is 30.7 Å². The molecule has 1 heterocycles. The summed E-state index contributed by atoms with van der Waals surface area (Å²) in [5, 5.41) is 2.86. The maximum Gasteiger partial charge on any atom is 0.228 e. The number of hydrogen-bond acceptors (Lipinski definition) is 3. The number of carbonyl (C=O) groups is 3. The van der Waals surface area contributed by atoms with Crippen molar-refractivity contribution in [2.24, 2.45) is 11.8 Å². The molecule has 24 heavy (non-hydrogen) atoms. The van der Waals surface area contributed by atoms with E-state index < -0.39 is 0 Å². The van der Waals surface area contributed by atoms with Gasteiger partial charge in [0.2, 0.25) is 17.7 Å². The number of amides is 3. The summed E-state index contributed by atoms with van der Waals surface area (Å²) in [5.41, 5.74) is 0.733. The van der Waals surface area contributed by atoms with E-state index in [4.69, 9.17) is 0 Å². The highest BCUT2D eigenvalue weighted by Gasteiger charge is 2.49. The fraction of sp³-hybridized carbons (Fsp3) is 0.471. The molecular formula is C17H20BrN3O3. The van der Waals surface area contributed by atoms with Crippen LogP contribution < -0.4 is 5.32 Å². The molecule has 0 spiro atoms. The van der Waals surface area contributed by atoms with Crippen molar-refractivity contribution in [1.82, 2.24) is 9.80 Å². The third kappa shape index (κ3) is 3.77. The summed E-state index contributed by atoms with van der Waals surface area (Å²) < 4.78 is 0.949. The average molecular weight is 394 g/mol. The van der Waals surface area contributed by atoms with E-state index in [9.17, 15) is 14.4 Å². The molecule has 1 N–H and O–H groups in total. The highest BCUT2D eigenvalue weighted by molar-refractivity contribution is 9.10. The second kappa shape index (κ2) is 6.93. The minimum atomic E-state index is -0.244. The Balaban J connectivity index is 1.49. The van der Waals surface area contributed by atoms with Crippen LogP contribution in [0.5, 0.6) is 0 Å². The molecule has 6 nitrogen and oxygen atoms in total. The average Bonchev–Trinajstić information content (AvgIpc) is 3.37. The maximum atomic E-state index is 12.5. The first-order valence-electron chi connectivity index (χ1n) is 8.06. The van der Waals surface area contributed by atoms with Gasteiger partial charge in [-0.25, -0.2) is 0 Å². The Morgan fingerprint density at radius 1 is 1.00 bits per heavy atom. The molecule has 1 aliphatic carbocycles. The molecule has 3 amide bonds. The second-order valence-corrected chi connectivity index (χ2v) is 7.19. The Bertz CT molecular complexity index is 654. The standard InChI is InChI=1S/C17H20BrN3O3/c1-11(22)20-6-8-21(9-7-20)17(24)15-10-14(15)16(23)19-13-4-2-12(18)3-5-13/h2-5,14-15H,6-10H2,1H3,(H,19,23). The van der Waals surface area contributed by atoms with Gasteiger partial charge in [0.1, 0.15) is 0 Å². The van der Waals surface area contributed by atoms with E-state index in [1.165, 1.54) is 0 Å². The number of nitrogens with zero attached hydrogens (tertiary/aromatic N) is 2. The number of hydrogen-bond donors (Lipinski definition) is 1. The van der Waals surface area contributed by atoms with E-state index in [1.807, 2.05) is 24.3 Å². The number of piperazine rings is 1. The van der Waals surface area contributed by atoms with Crippen LogP contribution in [0.15, 0.2) is 28.7 Å². The van der Waals surface area contributed by atoms with Crippen molar-refractivity contribution in [3.8, 4) is 0 Å². The van der Waals surface area contributed by atoms with E-state index in [-0.39, 0.29) is 29.6 Å². The molecule has 2 unspecified atom stereocenters. The van der Waals surface area contributed by atoms with Gasteiger partial charge in [-0.15, -0.1) is 0 Å². The second-order valence-electron chi connectivity index (χ2n) is 6.28. The van der Waals surface area contributed by atoms with E-state index >= 15 is 0 Å². The minimum Gasteiger partial charge on any atom is -0.339 e. The van der Waals surface area contributed by atoms with E-state index in [0.29, 0.717) is 32.6 Å². The number of anilines is 1. The van der Waals surface area contributed by atoms with Crippen LogP contribution in [0.25, 0.3) is 0 Å². The van der Waals surface area contributed by atoms with Gasteiger partial charge in [0, 0.05) is 43.3 Å². The molecule has 1 saturated carbocycles. The third-order valence-corrected chi connectivity index (χ3v) is 5.12. The van der Waals surface area contributed by atoms with Gasteiger partial charge in [-0.1, -0.05) is 15.9 Å². The largest absolute Gasteiger partial charge is 0.339 e. The molecule has 0 aromatic heterocycles. The lowest BCUT2D eigenvalue weighted by Gasteiger charge is -2.34. The van der Waals surface area contributed by atoms with Crippen molar-refractivity contribution >= 4 is 39.3 Å². The first-order chi connectivity index (χ1) is 11.5. The Kier molecular flexibility index (Phi) is 4.89. The van der Waals surface area contributed by atoms with Crippen LogP contribution in [0.2, 0.25) is 0 Å². The van der Waals surface area contributed by atoms with Crippen molar-refractivity contribution < 1.29 is 14.4 Å². The van der Waals surface area contributed by atoms with Gasteiger partial charge >= 0.3 is 0 Å². The summed E-state index contributed by atoms with van der Waals surface area (Å²) in [6, 6.07) is 7.36. The summed E-state index contributed by atoms with van der Waals surface area (Å²) >= 11 is 3.35. The van der Waals surface area contributed by atoms with Crippen LogP contribution in [-0.2, 0) is 14.4 Å². The van der Waals surface area contributed by atoms with Gasteiger partial charge in [-0.3, -0.25) is 14.4 Å². The van der Waals surface area contributed by atoms with E-state index in [0.717, 1.165) is 10.2 Å². The Labute approximate surface area is 149 Å².